The zero-order valence-electron chi connectivity index (χ0n) is 12.8. The van der Waals surface area contributed by atoms with Gasteiger partial charge in [0.1, 0.15) is 0 Å². The normalized spacial score (nSPS) is 11.7. The van der Waals surface area contributed by atoms with Crippen molar-refractivity contribution in [1.29, 1.82) is 0 Å². The Morgan fingerprint density at radius 2 is 1.83 bits per heavy atom. The molecule has 3 nitrogen and oxygen atoms in total. The quantitative estimate of drug-likeness (QED) is 0.700. The van der Waals surface area contributed by atoms with Crippen LogP contribution in [0.15, 0.2) is 72.1 Å². The summed E-state index contributed by atoms with van der Waals surface area (Å²) in [5, 5.41) is 7.98. The van der Waals surface area contributed by atoms with Gasteiger partial charge in [0.25, 0.3) is 0 Å². The van der Waals surface area contributed by atoms with E-state index in [4.69, 9.17) is 0 Å². The molecule has 0 saturated carbocycles. The van der Waals surface area contributed by atoms with Crippen molar-refractivity contribution in [3.63, 3.8) is 0 Å². The zero-order chi connectivity index (χ0) is 16.1. The number of carbonyl (C=O) groups excluding carboxylic acids is 1. The van der Waals surface area contributed by atoms with Crippen LogP contribution in [0.4, 0.5) is 10.5 Å². The van der Waals surface area contributed by atoms with Crippen molar-refractivity contribution in [1.82, 2.24) is 5.32 Å². The fraction of sp³-hybridized carbons (Fsp3) is 0.105. The molecule has 23 heavy (non-hydrogen) atoms. The van der Waals surface area contributed by atoms with E-state index in [1.807, 2.05) is 79.0 Å². The van der Waals surface area contributed by atoms with Gasteiger partial charge in [-0.25, -0.2) is 4.79 Å². The largest absolute Gasteiger partial charge is 0.326 e. The Kier molecular flexibility index (Phi) is 4.74. The van der Waals surface area contributed by atoms with E-state index in [2.05, 4.69) is 10.6 Å². The van der Waals surface area contributed by atoms with E-state index in [-0.39, 0.29) is 12.1 Å². The number of hydrogen-bond acceptors (Lipinski definition) is 2. The van der Waals surface area contributed by atoms with Crippen LogP contribution in [0.2, 0.25) is 0 Å². The Balaban J connectivity index is 1.77. The highest BCUT2D eigenvalue weighted by Crippen LogP contribution is 2.26. The van der Waals surface area contributed by atoms with Crippen molar-refractivity contribution >= 4 is 23.1 Å². The fourth-order valence-corrected chi connectivity index (χ4v) is 3.24. The number of aryl methyl sites for hydroxylation is 1. The van der Waals surface area contributed by atoms with Gasteiger partial charge < -0.3 is 10.6 Å². The number of thiophene rings is 1. The number of amides is 2. The van der Waals surface area contributed by atoms with Crippen LogP contribution in [0.1, 0.15) is 22.0 Å². The minimum absolute atomic E-state index is 0.152. The average Bonchev–Trinajstić information content (AvgIpc) is 3.07. The molecule has 0 bridgehead atoms. The maximum atomic E-state index is 12.4. The van der Waals surface area contributed by atoms with Gasteiger partial charge in [0.05, 0.1) is 6.04 Å². The smallest absolute Gasteiger partial charge is 0.320 e. The summed E-state index contributed by atoms with van der Waals surface area (Å²) in [6.07, 6.45) is 0. The molecule has 3 aromatic rings. The molecule has 3 rings (SSSR count). The Morgan fingerprint density at radius 3 is 2.52 bits per heavy atom. The number of rotatable bonds is 4. The minimum Gasteiger partial charge on any atom is -0.326 e. The molecule has 0 unspecified atom stereocenters. The predicted molar refractivity (Wildman–Crippen MR) is 95.9 cm³/mol. The van der Waals surface area contributed by atoms with Gasteiger partial charge in [-0.05, 0) is 41.6 Å². The number of anilines is 1. The van der Waals surface area contributed by atoms with Gasteiger partial charge in [0, 0.05) is 10.6 Å². The molecule has 0 saturated heterocycles. The first-order valence-corrected chi connectivity index (χ1v) is 8.33. The molecule has 0 fully saturated rings. The van der Waals surface area contributed by atoms with E-state index >= 15 is 0 Å². The lowest BCUT2D eigenvalue weighted by molar-refractivity contribution is 0.250. The van der Waals surface area contributed by atoms with Crippen LogP contribution in [0.25, 0.3) is 0 Å². The van der Waals surface area contributed by atoms with E-state index in [1.54, 1.807) is 11.3 Å². The Labute approximate surface area is 140 Å². The number of hydrogen-bond donors (Lipinski definition) is 2. The van der Waals surface area contributed by atoms with Crippen LogP contribution >= 0.6 is 11.3 Å². The Morgan fingerprint density at radius 1 is 1.00 bits per heavy atom. The third kappa shape index (κ3) is 3.99. The summed E-state index contributed by atoms with van der Waals surface area (Å²) in [4.78, 5) is 13.5. The topological polar surface area (TPSA) is 41.1 Å². The molecule has 2 amide bonds. The zero-order valence-corrected chi connectivity index (χ0v) is 13.6. The number of nitrogens with one attached hydrogen (secondary N) is 2. The second-order valence-corrected chi connectivity index (χ2v) is 6.31. The molecular formula is C19H18N2OS. The average molecular weight is 322 g/mol. The van der Waals surface area contributed by atoms with Crippen LogP contribution in [0.3, 0.4) is 0 Å². The van der Waals surface area contributed by atoms with Gasteiger partial charge in [-0.15, -0.1) is 11.3 Å². The van der Waals surface area contributed by atoms with Crippen LogP contribution in [0.5, 0.6) is 0 Å². The van der Waals surface area contributed by atoms with Crippen molar-refractivity contribution in [3.05, 3.63) is 88.1 Å². The maximum absolute atomic E-state index is 12.4. The molecular weight excluding hydrogens is 304 g/mol. The summed E-state index contributed by atoms with van der Waals surface area (Å²) in [7, 11) is 0. The highest BCUT2D eigenvalue weighted by atomic mass is 32.1. The number of urea groups is 1. The molecule has 2 N–H and O–H groups in total. The molecule has 0 aliphatic rings. The molecule has 1 atom stereocenters. The fourth-order valence-electron chi connectivity index (χ4n) is 2.44. The van der Waals surface area contributed by atoms with Gasteiger partial charge in [-0.1, -0.05) is 48.5 Å². The SMILES string of the molecule is Cc1cccc(NC(=O)N[C@H](c2ccccc2)c2cccs2)c1. The second-order valence-electron chi connectivity index (χ2n) is 5.33. The van der Waals surface area contributed by atoms with E-state index in [9.17, 15) is 4.79 Å². The van der Waals surface area contributed by atoms with Crippen molar-refractivity contribution in [2.75, 3.05) is 5.32 Å². The molecule has 0 aliphatic carbocycles. The molecule has 1 heterocycles. The van der Waals surface area contributed by atoms with Crippen LogP contribution in [0, 0.1) is 6.92 Å². The highest BCUT2D eigenvalue weighted by Gasteiger charge is 2.17. The van der Waals surface area contributed by atoms with Gasteiger partial charge in [0.15, 0.2) is 0 Å². The van der Waals surface area contributed by atoms with Crippen LogP contribution in [-0.2, 0) is 0 Å². The summed E-state index contributed by atoms with van der Waals surface area (Å²) >= 11 is 1.63. The van der Waals surface area contributed by atoms with Gasteiger partial charge in [-0.2, -0.15) is 0 Å². The van der Waals surface area contributed by atoms with Crippen molar-refractivity contribution in [2.24, 2.45) is 0 Å². The number of carbonyl (C=O) groups is 1. The standard InChI is InChI=1S/C19H18N2OS/c1-14-7-5-10-16(13-14)20-19(22)21-18(17-11-6-12-23-17)15-8-3-2-4-9-15/h2-13,18H,1H3,(H2,20,21,22)/t18-/m1/s1. The summed E-state index contributed by atoms with van der Waals surface area (Å²) in [5.74, 6) is 0. The highest BCUT2D eigenvalue weighted by molar-refractivity contribution is 7.10. The second kappa shape index (κ2) is 7.11. The van der Waals surface area contributed by atoms with E-state index in [1.165, 1.54) is 0 Å². The van der Waals surface area contributed by atoms with Gasteiger partial charge in [-0.3, -0.25) is 0 Å². The first-order chi connectivity index (χ1) is 11.2. The third-order valence-corrected chi connectivity index (χ3v) is 4.45. The van der Waals surface area contributed by atoms with E-state index < -0.39 is 0 Å². The van der Waals surface area contributed by atoms with E-state index in [0.717, 1.165) is 21.7 Å². The summed E-state index contributed by atoms with van der Waals surface area (Å²) in [6, 6.07) is 21.4. The number of benzene rings is 2. The van der Waals surface area contributed by atoms with Crippen molar-refractivity contribution in [3.8, 4) is 0 Å². The lowest BCUT2D eigenvalue weighted by atomic mass is 10.1. The summed E-state index contributed by atoms with van der Waals surface area (Å²) in [6.45, 7) is 2.00. The monoisotopic (exact) mass is 322 g/mol. The molecule has 0 radical (unpaired) electrons. The molecule has 116 valence electrons. The van der Waals surface area contributed by atoms with Crippen LogP contribution < -0.4 is 10.6 Å². The molecule has 1 aromatic heterocycles. The molecule has 4 heteroatoms. The van der Waals surface area contributed by atoms with Gasteiger partial charge >= 0.3 is 6.03 Å². The van der Waals surface area contributed by atoms with Crippen molar-refractivity contribution in [2.45, 2.75) is 13.0 Å². The van der Waals surface area contributed by atoms with Gasteiger partial charge in [0.2, 0.25) is 0 Å². The first-order valence-electron chi connectivity index (χ1n) is 7.45. The minimum atomic E-state index is -0.210. The van der Waals surface area contributed by atoms with E-state index in [0.29, 0.717) is 0 Å². The molecule has 2 aromatic carbocycles. The Bertz CT molecular complexity index is 769. The third-order valence-electron chi connectivity index (χ3n) is 3.51. The van der Waals surface area contributed by atoms with Crippen molar-refractivity contribution < 1.29 is 4.79 Å². The predicted octanol–water partition coefficient (Wildman–Crippen LogP) is 4.97. The molecule has 0 aliphatic heterocycles. The maximum Gasteiger partial charge on any atom is 0.320 e. The Hall–Kier alpha value is -2.59. The summed E-state index contributed by atoms with van der Waals surface area (Å²) in [5.41, 5.74) is 2.97. The first kappa shape index (κ1) is 15.3. The lowest BCUT2D eigenvalue weighted by Crippen LogP contribution is -2.32. The van der Waals surface area contributed by atoms with Crippen LogP contribution in [-0.4, -0.2) is 6.03 Å². The molecule has 0 spiro atoms. The lowest BCUT2D eigenvalue weighted by Gasteiger charge is -2.18. The summed E-state index contributed by atoms with van der Waals surface area (Å²) < 4.78 is 0.